The molecule has 1 atom stereocenters. The Morgan fingerprint density at radius 1 is 1.64 bits per heavy atom. The van der Waals surface area contributed by atoms with Gasteiger partial charge >= 0.3 is 0 Å². The van der Waals surface area contributed by atoms with E-state index in [1.165, 1.54) is 0 Å². The third-order valence-electron chi connectivity index (χ3n) is 2.03. The minimum absolute atomic E-state index is 0.242. The maximum atomic E-state index is 9.11. The third kappa shape index (κ3) is 3.89. The fourth-order valence-electron chi connectivity index (χ4n) is 1.24. The van der Waals surface area contributed by atoms with Crippen molar-refractivity contribution in [1.29, 1.82) is 0 Å². The third-order valence-corrected chi connectivity index (χ3v) is 2.03. The molecule has 0 aliphatic heterocycles. The quantitative estimate of drug-likeness (QED) is 0.772. The van der Waals surface area contributed by atoms with E-state index in [9.17, 15) is 0 Å². The van der Waals surface area contributed by atoms with E-state index in [2.05, 4.69) is 10.1 Å². The molecule has 14 heavy (non-hydrogen) atoms. The van der Waals surface area contributed by atoms with Gasteiger partial charge in [-0.3, -0.25) is 4.90 Å². The van der Waals surface area contributed by atoms with Gasteiger partial charge < -0.3 is 9.63 Å². The predicted octanol–water partition coefficient (Wildman–Crippen LogP) is 1.19. The Kier molecular flexibility index (Phi) is 4.10. The lowest BCUT2D eigenvalue weighted by atomic mass is 10.2. The van der Waals surface area contributed by atoms with Gasteiger partial charge in [0.15, 0.2) is 5.76 Å². The maximum Gasteiger partial charge on any atom is 0.150 e. The van der Waals surface area contributed by atoms with Crippen LogP contribution in [0.3, 0.4) is 0 Å². The first-order chi connectivity index (χ1) is 6.58. The molecule has 1 heterocycles. The summed E-state index contributed by atoms with van der Waals surface area (Å²) < 4.78 is 5.09. The highest BCUT2D eigenvalue weighted by molar-refractivity contribution is 5.02. The highest BCUT2D eigenvalue weighted by Gasteiger charge is 2.06. The second-order valence-corrected chi connectivity index (χ2v) is 3.81. The van der Waals surface area contributed by atoms with Gasteiger partial charge in [0, 0.05) is 12.6 Å². The Morgan fingerprint density at radius 2 is 2.36 bits per heavy atom. The van der Waals surface area contributed by atoms with Gasteiger partial charge in [-0.15, -0.1) is 0 Å². The molecule has 0 saturated carbocycles. The molecule has 80 valence electrons. The highest BCUT2D eigenvalue weighted by atomic mass is 16.5. The highest BCUT2D eigenvalue weighted by Crippen LogP contribution is 2.05. The van der Waals surface area contributed by atoms with Crippen molar-refractivity contribution >= 4 is 0 Å². The average molecular weight is 198 g/mol. The van der Waals surface area contributed by atoms with E-state index in [4.69, 9.17) is 9.63 Å². The largest absolute Gasteiger partial charge is 0.393 e. The standard InChI is InChI=1S/C10H18N2O2/c1-8-6-10(14-11-8)7-12(3)5-4-9(2)13/h6,9,13H,4-5,7H2,1-3H3. The van der Waals surface area contributed by atoms with E-state index in [0.717, 1.165) is 31.0 Å². The Morgan fingerprint density at radius 3 is 2.86 bits per heavy atom. The number of rotatable bonds is 5. The molecule has 1 aromatic rings. The summed E-state index contributed by atoms with van der Waals surface area (Å²) >= 11 is 0. The molecule has 0 aliphatic rings. The fraction of sp³-hybridized carbons (Fsp3) is 0.700. The molecule has 1 rings (SSSR count). The second-order valence-electron chi connectivity index (χ2n) is 3.81. The van der Waals surface area contributed by atoms with Crippen LogP contribution in [0.25, 0.3) is 0 Å². The van der Waals surface area contributed by atoms with Gasteiger partial charge in [0.25, 0.3) is 0 Å². The van der Waals surface area contributed by atoms with Crippen LogP contribution in [0.5, 0.6) is 0 Å². The number of aryl methyl sites for hydroxylation is 1. The summed E-state index contributed by atoms with van der Waals surface area (Å²) in [6, 6.07) is 1.93. The summed E-state index contributed by atoms with van der Waals surface area (Å²) in [5.41, 5.74) is 0.906. The number of hydrogen-bond donors (Lipinski definition) is 1. The van der Waals surface area contributed by atoms with Gasteiger partial charge in [-0.1, -0.05) is 5.16 Å². The molecule has 0 saturated heterocycles. The fourth-order valence-corrected chi connectivity index (χ4v) is 1.24. The van der Waals surface area contributed by atoms with Gasteiger partial charge in [-0.25, -0.2) is 0 Å². The van der Waals surface area contributed by atoms with Crippen molar-refractivity contribution in [2.24, 2.45) is 0 Å². The monoisotopic (exact) mass is 198 g/mol. The smallest absolute Gasteiger partial charge is 0.150 e. The van der Waals surface area contributed by atoms with E-state index >= 15 is 0 Å². The van der Waals surface area contributed by atoms with Crippen molar-refractivity contribution < 1.29 is 9.63 Å². The minimum Gasteiger partial charge on any atom is -0.393 e. The zero-order chi connectivity index (χ0) is 10.6. The first-order valence-electron chi connectivity index (χ1n) is 4.86. The van der Waals surface area contributed by atoms with Gasteiger partial charge in [-0.2, -0.15) is 0 Å². The van der Waals surface area contributed by atoms with E-state index < -0.39 is 0 Å². The van der Waals surface area contributed by atoms with Crippen molar-refractivity contribution in [3.8, 4) is 0 Å². The number of hydrogen-bond acceptors (Lipinski definition) is 4. The number of aliphatic hydroxyl groups is 1. The SMILES string of the molecule is Cc1cc(CN(C)CCC(C)O)on1. The lowest BCUT2D eigenvalue weighted by molar-refractivity contribution is 0.159. The molecule has 0 amide bonds. The molecular weight excluding hydrogens is 180 g/mol. The lowest BCUT2D eigenvalue weighted by Crippen LogP contribution is -2.21. The van der Waals surface area contributed by atoms with Crippen LogP contribution in [0.15, 0.2) is 10.6 Å². The zero-order valence-corrected chi connectivity index (χ0v) is 9.03. The van der Waals surface area contributed by atoms with Crippen LogP contribution < -0.4 is 0 Å². The van der Waals surface area contributed by atoms with Crippen molar-refractivity contribution in [2.75, 3.05) is 13.6 Å². The van der Waals surface area contributed by atoms with Gasteiger partial charge in [0.2, 0.25) is 0 Å². The zero-order valence-electron chi connectivity index (χ0n) is 9.03. The van der Waals surface area contributed by atoms with Gasteiger partial charge in [-0.05, 0) is 27.3 Å². The van der Waals surface area contributed by atoms with Gasteiger partial charge in [0.1, 0.15) is 0 Å². The normalized spacial score (nSPS) is 13.5. The Hall–Kier alpha value is -0.870. The molecule has 4 nitrogen and oxygen atoms in total. The van der Waals surface area contributed by atoms with Crippen LogP contribution in [0.4, 0.5) is 0 Å². The molecule has 1 unspecified atom stereocenters. The lowest BCUT2D eigenvalue weighted by Gasteiger charge is -2.15. The van der Waals surface area contributed by atoms with Crippen LogP contribution in [0.2, 0.25) is 0 Å². The average Bonchev–Trinajstić information content (AvgIpc) is 2.48. The number of aromatic nitrogens is 1. The molecule has 0 spiro atoms. The Labute approximate surface area is 84.5 Å². The van der Waals surface area contributed by atoms with Crippen LogP contribution >= 0.6 is 0 Å². The van der Waals surface area contributed by atoms with Crippen LogP contribution in [-0.2, 0) is 6.54 Å². The molecule has 1 N–H and O–H groups in total. The van der Waals surface area contributed by atoms with E-state index in [-0.39, 0.29) is 6.10 Å². The molecule has 0 aliphatic carbocycles. The van der Waals surface area contributed by atoms with E-state index in [0.29, 0.717) is 0 Å². The summed E-state index contributed by atoms with van der Waals surface area (Å²) in [5.74, 6) is 0.871. The van der Waals surface area contributed by atoms with Crippen LogP contribution in [-0.4, -0.2) is 34.9 Å². The van der Waals surface area contributed by atoms with Crippen molar-refractivity contribution in [3.05, 3.63) is 17.5 Å². The first-order valence-corrected chi connectivity index (χ1v) is 4.86. The minimum atomic E-state index is -0.242. The molecule has 0 bridgehead atoms. The molecule has 0 aromatic carbocycles. The van der Waals surface area contributed by atoms with E-state index in [1.54, 1.807) is 6.92 Å². The summed E-state index contributed by atoms with van der Waals surface area (Å²) in [6.45, 7) is 5.31. The van der Waals surface area contributed by atoms with Gasteiger partial charge in [0.05, 0.1) is 18.3 Å². The number of nitrogens with zero attached hydrogens (tertiary/aromatic N) is 2. The Bertz CT molecular complexity index is 271. The summed E-state index contributed by atoms with van der Waals surface area (Å²) in [6.07, 6.45) is 0.540. The molecule has 0 radical (unpaired) electrons. The van der Waals surface area contributed by atoms with E-state index in [1.807, 2.05) is 20.0 Å². The maximum absolute atomic E-state index is 9.11. The predicted molar refractivity (Wildman–Crippen MR) is 53.9 cm³/mol. The van der Waals surface area contributed by atoms with Crippen molar-refractivity contribution in [3.63, 3.8) is 0 Å². The van der Waals surface area contributed by atoms with Crippen LogP contribution in [0.1, 0.15) is 24.8 Å². The van der Waals surface area contributed by atoms with Crippen LogP contribution in [0, 0.1) is 6.92 Å². The molecular formula is C10H18N2O2. The van der Waals surface area contributed by atoms with Crippen molar-refractivity contribution in [2.45, 2.75) is 32.9 Å². The molecule has 4 heteroatoms. The summed E-state index contributed by atoms with van der Waals surface area (Å²) in [5, 5.41) is 12.9. The second kappa shape index (κ2) is 5.12. The number of aliphatic hydroxyl groups excluding tert-OH is 1. The summed E-state index contributed by atoms with van der Waals surface area (Å²) in [7, 11) is 2.00. The topological polar surface area (TPSA) is 49.5 Å². The Balaban J connectivity index is 2.30. The molecule has 1 aromatic heterocycles. The summed E-state index contributed by atoms with van der Waals surface area (Å²) in [4.78, 5) is 2.10. The first kappa shape index (κ1) is 11.2. The van der Waals surface area contributed by atoms with Crippen molar-refractivity contribution in [1.82, 2.24) is 10.1 Å². The molecule has 0 fully saturated rings.